The summed E-state index contributed by atoms with van der Waals surface area (Å²) in [7, 11) is 0. The van der Waals surface area contributed by atoms with Gasteiger partial charge in [0.25, 0.3) is 0 Å². The van der Waals surface area contributed by atoms with Gasteiger partial charge in [0.1, 0.15) is 6.10 Å². The van der Waals surface area contributed by atoms with Crippen LogP contribution in [0.5, 0.6) is 0 Å². The van der Waals surface area contributed by atoms with Gasteiger partial charge in [0.2, 0.25) is 0 Å². The average molecular weight is 298 g/mol. The molecule has 3 rings (SSSR count). The number of nitrogens with two attached hydrogens (primary N) is 1. The Balaban J connectivity index is 1.70. The fourth-order valence-electron chi connectivity index (χ4n) is 2.93. The van der Waals surface area contributed by atoms with Crippen LogP contribution in [0.3, 0.4) is 0 Å². The highest BCUT2D eigenvalue weighted by Gasteiger charge is 2.36. The fourth-order valence-corrected chi connectivity index (χ4v) is 2.93. The predicted octanol–water partition coefficient (Wildman–Crippen LogP) is 2.93. The summed E-state index contributed by atoms with van der Waals surface area (Å²) in [6, 6.07) is 5.55. The molecule has 114 valence electrons. The van der Waals surface area contributed by atoms with Gasteiger partial charge in [-0.25, -0.2) is 4.99 Å². The minimum atomic E-state index is -4.32. The molecule has 1 aromatic rings. The highest BCUT2D eigenvalue weighted by atomic mass is 19.4. The van der Waals surface area contributed by atoms with Crippen molar-refractivity contribution in [3.05, 3.63) is 35.4 Å². The van der Waals surface area contributed by atoms with E-state index in [1.54, 1.807) is 6.07 Å². The molecule has 0 saturated heterocycles. The first kappa shape index (κ1) is 14.4. The minimum Gasteiger partial charge on any atom is -0.475 e. The smallest absolute Gasteiger partial charge is 0.416 e. The van der Waals surface area contributed by atoms with Crippen molar-refractivity contribution < 1.29 is 17.9 Å². The first-order chi connectivity index (χ1) is 9.91. The summed E-state index contributed by atoms with van der Waals surface area (Å²) in [5.74, 6) is 0.526. The van der Waals surface area contributed by atoms with Crippen LogP contribution in [0.4, 0.5) is 13.2 Å². The molecule has 6 heteroatoms. The third-order valence-electron chi connectivity index (χ3n) is 4.00. The second kappa shape index (κ2) is 5.33. The van der Waals surface area contributed by atoms with E-state index >= 15 is 0 Å². The van der Waals surface area contributed by atoms with E-state index < -0.39 is 11.7 Å². The number of benzene rings is 1. The summed E-state index contributed by atoms with van der Waals surface area (Å²) in [5.41, 5.74) is 5.82. The second-order valence-corrected chi connectivity index (χ2v) is 5.69. The fraction of sp³-hybridized carbons (Fsp3) is 0.533. The molecular formula is C15H17F3N2O. The molecule has 3 unspecified atom stereocenters. The molecule has 0 bridgehead atoms. The van der Waals surface area contributed by atoms with E-state index in [1.807, 2.05) is 0 Å². The number of aliphatic imine (C=N–C) groups is 1. The zero-order valence-electron chi connectivity index (χ0n) is 11.4. The molecule has 3 nitrogen and oxygen atoms in total. The van der Waals surface area contributed by atoms with Crippen molar-refractivity contribution in [2.24, 2.45) is 10.7 Å². The second-order valence-electron chi connectivity index (χ2n) is 5.69. The third-order valence-corrected chi connectivity index (χ3v) is 4.00. The van der Waals surface area contributed by atoms with Crippen molar-refractivity contribution >= 4 is 5.90 Å². The van der Waals surface area contributed by atoms with E-state index in [0.717, 1.165) is 31.4 Å². The number of ether oxygens (including phenoxy) is 1. The maximum absolute atomic E-state index is 12.7. The SMILES string of the molecule is NC1CCC2N=C(Cc3cccc(C(F)(F)F)c3)OC2C1. The van der Waals surface area contributed by atoms with Crippen molar-refractivity contribution in [2.75, 3.05) is 0 Å². The van der Waals surface area contributed by atoms with Gasteiger partial charge in [0, 0.05) is 18.9 Å². The average Bonchev–Trinajstić information content (AvgIpc) is 2.79. The van der Waals surface area contributed by atoms with Crippen LogP contribution >= 0.6 is 0 Å². The zero-order chi connectivity index (χ0) is 15.0. The lowest BCUT2D eigenvalue weighted by Gasteiger charge is -2.26. The van der Waals surface area contributed by atoms with Crippen molar-refractivity contribution in [3.8, 4) is 0 Å². The topological polar surface area (TPSA) is 47.6 Å². The summed E-state index contributed by atoms with van der Waals surface area (Å²) >= 11 is 0. The number of halogens is 3. The monoisotopic (exact) mass is 298 g/mol. The number of fused-ring (bicyclic) bond motifs is 1. The molecule has 0 spiro atoms. The molecule has 1 aliphatic heterocycles. The normalized spacial score (nSPS) is 28.8. The van der Waals surface area contributed by atoms with E-state index in [-0.39, 0.29) is 18.2 Å². The summed E-state index contributed by atoms with van der Waals surface area (Å²) in [6.07, 6.45) is -1.46. The summed E-state index contributed by atoms with van der Waals surface area (Å²) in [4.78, 5) is 4.49. The molecule has 0 amide bonds. The molecule has 1 saturated carbocycles. The number of nitrogens with zero attached hydrogens (tertiary/aromatic N) is 1. The van der Waals surface area contributed by atoms with E-state index in [4.69, 9.17) is 10.5 Å². The number of hydrogen-bond acceptors (Lipinski definition) is 3. The number of hydrogen-bond donors (Lipinski definition) is 1. The van der Waals surface area contributed by atoms with E-state index in [0.29, 0.717) is 17.9 Å². The lowest BCUT2D eigenvalue weighted by Crippen LogP contribution is -2.38. The Hall–Kier alpha value is -1.56. The molecule has 0 aromatic heterocycles. The molecule has 1 aromatic carbocycles. The molecule has 2 N–H and O–H groups in total. The van der Waals surface area contributed by atoms with Gasteiger partial charge in [-0.3, -0.25) is 0 Å². The van der Waals surface area contributed by atoms with Gasteiger partial charge in [-0.2, -0.15) is 13.2 Å². The first-order valence-electron chi connectivity index (χ1n) is 7.07. The van der Waals surface area contributed by atoms with Crippen molar-refractivity contribution in [3.63, 3.8) is 0 Å². The Morgan fingerprint density at radius 1 is 1.29 bits per heavy atom. The van der Waals surface area contributed by atoms with Crippen LogP contribution < -0.4 is 5.73 Å². The molecular weight excluding hydrogens is 281 g/mol. The molecule has 0 radical (unpaired) electrons. The van der Waals surface area contributed by atoms with Crippen LogP contribution in [-0.2, 0) is 17.3 Å². The van der Waals surface area contributed by atoms with Crippen molar-refractivity contribution in [1.82, 2.24) is 0 Å². The molecule has 3 atom stereocenters. The van der Waals surface area contributed by atoms with Crippen LogP contribution in [0.2, 0.25) is 0 Å². The standard InChI is InChI=1S/C15H17F3N2O/c16-15(17,18)10-3-1-2-9(6-10)7-14-20-12-5-4-11(19)8-13(12)21-14/h1-3,6,11-13H,4-5,7-8,19H2. The Labute approximate surface area is 121 Å². The number of rotatable bonds is 2. The maximum atomic E-state index is 12.7. The quantitative estimate of drug-likeness (QED) is 0.912. The van der Waals surface area contributed by atoms with Crippen LogP contribution in [-0.4, -0.2) is 24.1 Å². The van der Waals surface area contributed by atoms with Gasteiger partial charge < -0.3 is 10.5 Å². The highest BCUT2D eigenvalue weighted by molar-refractivity contribution is 5.80. The van der Waals surface area contributed by atoms with Crippen LogP contribution in [0.25, 0.3) is 0 Å². The van der Waals surface area contributed by atoms with Gasteiger partial charge in [0.15, 0.2) is 5.90 Å². The van der Waals surface area contributed by atoms with Crippen molar-refractivity contribution in [2.45, 2.75) is 50.0 Å². The molecule has 1 fully saturated rings. The third kappa shape index (κ3) is 3.20. The lowest BCUT2D eigenvalue weighted by atomic mass is 9.90. The summed E-state index contributed by atoms with van der Waals surface area (Å²) in [5, 5.41) is 0. The van der Waals surface area contributed by atoms with Crippen LogP contribution in [0.1, 0.15) is 30.4 Å². The van der Waals surface area contributed by atoms with Crippen LogP contribution in [0.15, 0.2) is 29.3 Å². The highest BCUT2D eigenvalue weighted by Crippen LogP contribution is 2.31. The minimum absolute atomic E-state index is 0.00505. The Morgan fingerprint density at radius 3 is 2.86 bits per heavy atom. The Morgan fingerprint density at radius 2 is 2.10 bits per heavy atom. The largest absolute Gasteiger partial charge is 0.475 e. The lowest BCUT2D eigenvalue weighted by molar-refractivity contribution is -0.137. The summed E-state index contributed by atoms with van der Waals surface area (Å²) < 4.78 is 43.8. The molecule has 1 aliphatic carbocycles. The van der Waals surface area contributed by atoms with Gasteiger partial charge in [-0.1, -0.05) is 18.2 Å². The summed E-state index contributed by atoms with van der Waals surface area (Å²) in [6.45, 7) is 0. The molecule has 2 aliphatic rings. The Bertz CT molecular complexity index is 556. The van der Waals surface area contributed by atoms with Gasteiger partial charge in [0.05, 0.1) is 11.6 Å². The number of alkyl halides is 3. The van der Waals surface area contributed by atoms with E-state index in [2.05, 4.69) is 4.99 Å². The van der Waals surface area contributed by atoms with E-state index in [9.17, 15) is 13.2 Å². The van der Waals surface area contributed by atoms with Crippen molar-refractivity contribution in [1.29, 1.82) is 0 Å². The van der Waals surface area contributed by atoms with Gasteiger partial charge in [-0.05, 0) is 24.5 Å². The Kier molecular flexibility index (Phi) is 3.65. The molecule has 21 heavy (non-hydrogen) atoms. The first-order valence-corrected chi connectivity index (χ1v) is 7.07. The molecule has 1 heterocycles. The van der Waals surface area contributed by atoms with Gasteiger partial charge >= 0.3 is 6.18 Å². The zero-order valence-corrected chi connectivity index (χ0v) is 11.4. The predicted molar refractivity (Wildman–Crippen MR) is 73.1 cm³/mol. The van der Waals surface area contributed by atoms with Crippen LogP contribution in [0, 0.1) is 0 Å². The van der Waals surface area contributed by atoms with E-state index in [1.165, 1.54) is 6.07 Å². The van der Waals surface area contributed by atoms with Gasteiger partial charge in [-0.15, -0.1) is 0 Å². The maximum Gasteiger partial charge on any atom is 0.416 e.